The van der Waals surface area contributed by atoms with Gasteiger partial charge in [-0.2, -0.15) is 5.10 Å². The number of amides is 1. The van der Waals surface area contributed by atoms with Crippen LogP contribution in [0.2, 0.25) is 0 Å². The van der Waals surface area contributed by atoms with Crippen molar-refractivity contribution in [2.45, 2.75) is 13.8 Å². The van der Waals surface area contributed by atoms with E-state index in [-0.39, 0.29) is 5.91 Å². The smallest absolute Gasteiger partial charge is 0.238 e. The van der Waals surface area contributed by atoms with Crippen molar-refractivity contribution in [2.24, 2.45) is 0 Å². The fraction of sp³-hybridized carbons (Fsp3) is 0.348. The first-order valence-electron chi connectivity index (χ1n) is 10.4. The molecule has 1 N–H and O–H groups in total. The van der Waals surface area contributed by atoms with Gasteiger partial charge < -0.3 is 15.0 Å². The number of piperazine rings is 1. The van der Waals surface area contributed by atoms with E-state index in [1.165, 1.54) is 0 Å². The number of anilines is 2. The third kappa shape index (κ3) is 4.69. The molecule has 1 amide bonds. The van der Waals surface area contributed by atoms with E-state index in [1.54, 1.807) is 13.3 Å². The molecule has 3 aromatic rings. The van der Waals surface area contributed by atoms with Gasteiger partial charge in [-0.05, 0) is 38.1 Å². The minimum atomic E-state index is -0.0166. The summed E-state index contributed by atoms with van der Waals surface area (Å²) in [5, 5.41) is 7.66. The van der Waals surface area contributed by atoms with Crippen LogP contribution in [0.3, 0.4) is 0 Å². The second-order valence-corrected chi connectivity index (χ2v) is 7.66. The normalized spacial score (nSPS) is 14.5. The molecule has 2 aromatic heterocycles. The average molecular weight is 421 g/mol. The minimum Gasteiger partial charge on any atom is -0.497 e. The minimum absolute atomic E-state index is 0.0166. The van der Waals surface area contributed by atoms with Gasteiger partial charge in [-0.15, -0.1) is 0 Å². The van der Waals surface area contributed by atoms with E-state index >= 15 is 0 Å². The summed E-state index contributed by atoms with van der Waals surface area (Å²) >= 11 is 0. The van der Waals surface area contributed by atoms with E-state index in [4.69, 9.17) is 9.84 Å². The number of pyridine rings is 1. The van der Waals surface area contributed by atoms with Gasteiger partial charge in [0, 0.05) is 44.1 Å². The molecule has 1 saturated heterocycles. The van der Waals surface area contributed by atoms with Gasteiger partial charge in [-0.3, -0.25) is 9.69 Å². The van der Waals surface area contributed by atoms with Crippen molar-refractivity contribution in [2.75, 3.05) is 50.1 Å². The summed E-state index contributed by atoms with van der Waals surface area (Å²) in [4.78, 5) is 21.4. The molecule has 1 aromatic carbocycles. The molecule has 3 heterocycles. The first-order chi connectivity index (χ1) is 15.0. The number of methoxy groups -OCH3 is 1. The fourth-order valence-corrected chi connectivity index (χ4v) is 4.03. The maximum atomic E-state index is 12.5. The number of benzene rings is 1. The van der Waals surface area contributed by atoms with Crippen LogP contribution in [0.25, 0.3) is 5.82 Å². The lowest BCUT2D eigenvalue weighted by molar-refractivity contribution is -0.117. The Balaban J connectivity index is 1.36. The molecule has 0 spiro atoms. The van der Waals surface area contributed by atoms with Crippen LogP contribution in [0.5, 0.6) is 5.75 Å². The predicted octanol–water partition coefficient (Wildman–Crippen LogP) is 2.65. The molecule has 0 unspecified atom stereocenters. The summed E-state index contributed by atoms with van der Waals surface area (Å²) in [5.74, 6) is 1.53. The number of nitrogens with one attached hydrogen (secondary N) is 1. The van der Waals surface area contributed by atoms with Gasteiger partial charge in [0.15, 0.2) is 5.82 Å². The van der Waals surface area contributed by atoms with E-state index in [1.807, 2.05) is 54.1 Å². The molecule has 31 heavy (non-hydrogen) atoms. The van der Waals surface area contributed by atoms with Crippen LogP contribution in [0.4, 0.5) is 11.4 Å². The Morgan fingerprint density at radius 2 is 1.90 bits per heavy atom. The number of ether oxygens (including phenoxy) is 1. The van der Waals surface area contributed by atoms with Crippen molar-refractivity contribution in [1.29, 1.82) is 0 Å². The average Bonchev–Trinajstić information content (AvgIpc) is 3.09. The second kappa shape index (κ2) is 9.18. The van der Waals surface area contributed by atoms with Crippen LogP contribution < -0.4 is 15.0 Å². The highest BCUT2D eigenvalue weighted by atomic mass is 16.5. The molecule has 4 rings (SSSR count). The number of nitrogens with zero attached hydrogens (tertiary/aromatic N) is 5. The zero-order valence-corrected chi connectivity index (χ0v) is 18.2. The van der Waals surface area contributed by atoms with Crippen molar-refractivity contribution in [3.05, 3.63) is 60.0 Å². The van der Waals surface area contributed by atoms with Crippen LogP contribution >= 0.6 is 0 Å². The summed E-state index contributed by atoms with van der Waals surface area (Å²) in [6.45, 7) is 7.83. The maximum absolute atomic E-state index is 12.5. The van der Waals surface area contributed by atoms with Crippen LogP contribution in [-0.2, 0) is 4.79 Å². The molecular formula is C23H28N6O2. The Morgan fingerprint density at radius 3 is 2.61 bits per heavy atom. The van der Waals surface area contributed by atoms with Crippen molar-refractivity contribution in [3.63, 3.8) is 0 Å². The Kier molecular flexibility index (Phi) is 6.18. The zero-order chi connectivity index (χ0) is 21.8. The lowest BCUT2D eigenvalue weighted by atomic mass is 10.2. The molecule has 8 heteroatoms. The highest BCUT2D eigenvalue weighted by Gasteiger charge is 2.24. The standard InChI is InChI=1S/C23H28N6O2/c1-17-23(18(2)29(26-17)21-9-4-5-10-24-21)28-13-11-27(12-14-28)16-22(30)25-19-7-6-8-20(15-19)31-3/h4-10,15H,11-14,16H2,1-3H3,(H,25,30). The molecule has 0 aliphatic carbocycles. The Hall–Kier alpha value is -3.39. The number of rotatable bonds is 6. The molecule has 1 aliphatic rings. The van der Waals surface area contributed by atoms with Gasteiger partial charge in [0.1, 0.15) is 5.75 Å². The highest BCUT2D eigenvalue weighted by molar-refractivity contribution is 5.92. The van der Waals surface area contributed by atoms with Gasteiger partial charge in [-0.1, -0.05) is 12.1 Å². The number of aromatic nitrogens is 3. The summed E-state index contributed by atoms with van der Waals surface area (Å²) in [7, 11) is 1.62. The first-order valence-corrected chi connectivity index (χ1v) is 10.4. The second-order valence-electron chi connectivity index (χ2n) is 7.66. The summed E-state index contributed by atoms with van der Waals surface area (Å²) in [6.07, 6.45) is 1.78. The van der Waals surface area contributed by atoms with Crippen molar-refractivity contribution in [3.8, 4) is 11.6 Å². The van der Waals surface area contributed by atoms with E-state index in [9.17, 15) is 4.79 Å². The van der Waals surface area contributed by atoms with Crippen molar-refractivity contribution < 1.29 is 9.53 Å². The van der Waals surface area contributed by atoms with Gasteiger partial charge in [0.2, 0.25) is 5.91 Å². The van der Waals surface area contributed by atoms with E-state index < -0.39 is 0 Å². The fourth-order valence-electron chi connectivity index (χ4n) is 4.03. The summed E-state index contributed by atoms with van der Waals surface area (Å²) < 4.78 is 7.11. The molecule has 162 valence electrons. The molecule has 0 radical (unpaired) electrons. The lowest BCUT2D eigenvalue weighted by Gasteiger charge is -2.35. The number of aryl methyl sites for hydroxylation is 1. The number of hydrogen-bond acceptors (Lipinski definition) is 6. The molecule has 0 bridgehead atoms. The van der Waals surface area contributed by atoms with Crippen LogP contribution in [-0.4, -0.2) is 65.4 Å². The molecule has 8 nitrogen and oxygen atoms in total. The number of hydrogen-bond donors (Lipinski definition) is 1. The largest absolute Gasteiger partial charge is 0.497 e. The van der Waals surface area contributed by atoms with Crippen molar-refractivity contribution >= 4 is 17.3 Å². The van der Waals surface area contributed by atoms with Crippen molar-refractivity contribution in [1.82, 2.24) is 19.7 Å². The molecular weight excluding hydrogens is 392 g/mol. The Bertz CT molecular complexity index is 1040. The molecule has 0 saturated carbocycles. The quantitative estimate of drug-likeness (QED) is 0.661. The van der Waals surface area contributed by atoms with E-state index in [0.717, 1.165) is 60.5 Å². The Morgan fingerprint density at radius 1 is 1.10 bits per heavy atom. The monoisotopic (exact) mass is 420 g/mol. The number of carbonyl (C=O) groups is 1. The zero-order valence-electron chi connectivity index (χ0n) is 18.2. The Labute approximate surface area is 182 Å². The number of carbonyl (C=O) groups excluding carboxylic acids is 1. The summed E-state index contributed by atoms with van der Waals surface area (Å²) in [6, 6.07) is 13.2. The van der Waals surface area contributed by atoms with Crippen LogP contribution in [0.1, 0.15) is 11.4 Å². The summed E-state index contributed by atoms with van der Waals surface area (Å²) in [5.41, 5.74) is 3.98. The topological polar surface area (TPSA) is 75.5 Å². The van der Waals surface area contributed by atoms with Crippen LogP contribution in [0, 0.1) is 13.8 Å². The lowest BCUT2D eigenvalue weighted by Crippen LogP contribution is -2.49. The predicted molar refractivity (Wildman–Crippen MR) is 121 cm³/mol. The van der Waals surface area contributed by atoms with Gasteiger partial charge in [0.25, 0.3) is 0 Å². The van der Waals surface area contributed by atoms with Gasteiger partial charge in [0.05, 0.1) is 30.7 Å². The highest BCUT2D eigenvalue weighted by Crippen LogP contribution is 2.27. The third-order valence-electron chi connectivity index (χ3n) is 5.53. The van der Waals surface area contributed by atoms with E-state index in [0.29, 0.717) is 6.54 Å². The SMILES string of the molecule is COc1cccc(NC(=O)CN2CCN(c3c(C)nn(-c4ccccn4)c3C)CC2)c1. The molecule has 0 atom stereocenters. The van der Waals surface area contributed by atoms with Crippen LogP contribution in [0.15, 0.2) is 48.7 Å². The van der Waals surface area contributed by atoms with Gasteiger partial charge >= 0.3 is 0 Å². The molecule has 1 fully saturated rings. The third-order valence-corrected chi connectivity index (χ3v) is 5.53. The van der Waals surface area contributed by atoms with E-state index in [2.05, 4.69) is 27.0 Å². The maximum Gasteiger partial charge on any atom is 0.238 e. The molecule has 1 aliphatic heterocycles. The van der Waals surface area contributed by atoms with Gasteiger partial charge in [-0.25, -0.2) is 9.67 Å². The first kappa shape index (κ1) is 20.9.